The summed E-state index contributed by atoms with van der Waals surface area (Å²) in [5.74, 6) is 0.919. The molecule has 3 amide bonds. The minimum Gasteiger partial charge on any atom is -0.495 e. The van der Waals surface area contributed by atoms with Crippen molar-refractivity contribution in [2.45, 2.75) is 40.5 Å². The molecule has 0 aliphatic carbocycles. The second kappa shape index (κ2) is 11.1. The van der Waals surface area contributed by atoms with Gasteiger partial charge >= 0.3 is 6.03 Å². The fourth-order valence-corrected chi connectivity index (χ4v) is 4.02. The van der Waals surface area contributed by atoms with E-state index in [1.165, 1.54) is 6.92 Å². The van der Waals surface area contributed by atoms with Crippen LogP contribution in [0.15, 0.2) is 72.9 Å². The summed E-state index contributed by atoms with van der Waals surface area (Å²) >= 11 is 0. The Morgan fingerprint density at radius 1 is 0.838 bits per heavy atom. The van der Waals surface area contributed by atoms with Crippen LogP contribution < -0.4 is 20.7 Å². The predicted molar refractivity (Wildman–Crippen MR) is 153 cm³/mol. The summed E-state index contributed by atoms with van der Waals surface area (Å²) in [6.45, 7) is 7.81. The maximum absolute atomic E-state index is 13.0. The largest absolute Gasteiger partial charge is 0.495 e. The second-order valence-corrected chi connectivity index (χ2v) is 9.56. The van der Waals surface area contributed by atoms with Gasteiger partial charge in [-0.05, 0) is 52.3 Å². The smallest absolute Gasteiger partial charge is 0.323 e. The van der Waals surface area contributed by atoms with Crippen LogP contribution in [0, 0.1) is 0 Å². The molecule has 37 heavy (non-hydrogen) atoms. The number of ether oxygens (including phenoxy) is 1. The standard InChI is InChI=1S/C29H30N4O3.CH4/c1-18(34)31-27-15-10-19(17-30-27)21-12-13-24(23-9-7-6-8-22(21)23)32-28(35)33-25-16-20(29(2,3)4)11-14-26(25)36-5;/h6-17H,1-5H3,(H,30,31,34)(H2,32,33,35);1H4. The first-order valence-electron chi connectivity index (χ1n) is 11.7. The number of carbonyl (C=O) groups is 2. The molecule has 4 rings (SSSR count). The summed E-state index contributed by atoms with van der Waals surface area (Å²) in [5, 5.41) is 10.5. The topological polar surface area (TPSA) is 92.4 Å². The van der Waals surface area contributed by atoms with Crippen LogP contribution in [0.25, 0.3) is 21.9 Å². The average Bonchev–Trinajstić information content (AvgIpc) is 2.84. The van der Waals surface area contributed by atoms with Crippen molar-refractivity contribution < 1.29 is 14.3 Å². The van der Waals surface area contributed by atoms with Crippen molar-refractivity contribution in [2.75, 3.05) is 23.1 Å². The van der Waals surface area contributed by atoms with Crippen molar-refractivity contribution in [2.24, 2.45) is 0 Å². The highest BCUT2D eigenvalue weighted by Gasteiger charge is 2.17. The number of anilines is 3. The fourth-order valence-electron chi connectivity index (χ4n) is 4.02. The van der Waals surface area contributed by atoms with E-state index in [0.717, 1.165) is 27.5 Å². The zero-order chi connectivity index (χ0) is 25.9. The summed E-state index contributed by atoms with van der Waals surface area (Å²) < 4.78 is 5.46. The van der Waals surface area contributed by atoms with E-state index in [9.17, 15) is 9.59 Å². The van der Waals surface area contributed by atoms with Crippen molar-refractivity contribution in [3.05, 3.63) is 78.5 Å². The Morgan fingerprint density at radius 2 is 1.54 bits per heavy atom. The molecule has 0 saturated carbocycles. The normalized spacial score (nSPS) is 10.8. The zero-order valence-electron chi connectivity index (χ0n) is 21.1. The van der Waals surface area contributed by atoms with Crippen LogP contribution in [0.1, 0.15) is 40.7 Å². The predicted octanol–water partition coefficient (Wildman–Crippen LogP) is 7.45. The number of aromatic nitrogens is 1. The van der Waals surface area contributed by atoms with Gasteiger partial charge in [0.1, 0.15) is 11.6 Å². The van der Waals surface area contributed by atoms with Gasteiger partial charge in [0, 0.05) is 24.1 Å². The van der Waals surface area contributed by atoms with Gasteiger partial charge in [-0.3, -0.25) is 4.79 Å². The maximum atomic E-state index is 13.0. The molecule has 7 nitrogen and oxygen atoms in total. The van der Waals surface area contributed by atoms with Crippen LogP contribution in [0.5, 0.6) is 5.75 Å². The van der Waals surface area contributed by atoms with Crippen LogP contribution in [0.4, 0.5) is 22.0 Å². The molecule has 1 aromatic heterocycles. The van der Waals surface area contributed by atoms with Gasteiger partial charge in [-0.25, -0.2) is 9.78 Å². The van der Waals surface area contributed by atoms with Crippen LogP contribution in [0.3, 0.4) is 0 Å². The third-order valence-electron chi connectivity index (χ3n) is 5.86. The molecule has 0 aliphatic heterocycles. The maximum Gasteiger partial charge on any atom is 0.323 e. The molecule has 3 N–H and O–H groups in total. The second-order valence-electron chi connectivity index (χ2n) is 9.56. The lowest BCUT2D eigenvalue weighted by atomic mass is 9.87. The Labute approximate surface area is 218 Å². The summed E-state index contributed by atoms with van der Waals surface area (Å²) in [6.07, 6.45) is 1.72. The highest BCUT2D eigenvalue weighted by Crippen LogP contribution is 2.34. The van der Waals surface area contributed by atoms with E-state index in [0.29, 0.717) is 22.9 Å². The lowest BCUT2D eigenvalue weighted by Gasteiger charge is -2.21. The number of amides is 3. The minimum absolute atomic E-state index is 0. The summed E-state index contributed by atoms with van der Waals surface area (Å²) in [7, 11) is 1.58. The van der Waals surface area contributed by atoms with Crippen LogP contribution in [-0.4, -0.2) is 24.0 Å². The van der Waals surface area contributed by atoms with Crippen molar-refractivity contribution in [1.82, 2.24) is 4.98 Å². The van der Waals surface area contributed by atoms with Gasteiger partial charge in [0.25, 0.3) is 0 Å². The molecule has 0 fully saturated rings. The Kier molecular flexibility index (Phi) is 8.17. The number of urea groups is 1. The van der Waals surface area contributed by atoms with Crippen LogP contribution in [0.2, 0.25) is 0 Å². The molecule has 3 aromatic carbocycles. The van der Waals surface area contributed by atoms with Gasteiger partial charge in [-0.2, -0.15) is 0 Å². The number of methoxy groups -OCH3 is 1. The molecule has 0 spiro atoms. The molecule has 192 valence electrons. The average molecular weight is 499 g/mol. The van der Waals surface area contributed by atoms with Gasteiger partial charge < -0.3 is 20.7 Å². The minimum atomic E-state index is -0.362. The number of fused-ring (bicyclic) bond motifs is 1. The first kappa shape index (κ1) is 27.2. The zero-order valence-corrected chi connectivity index (χ0v) is 21.1. The van der Waals surface area contributed by atoms with E-state index in [1.54, 1.807) is 19.4 Å². The monoisotopic (exact) mass is 498 g/mol. The molecular weight excluding hydrogens is 464 g/mol. The van der Waals surface area contributed by atoms with Crippen LogP contribution >= 0.6 is 0 Å². The van der Waals surface area contributed by atoms with E-state index >= 15 is 0 Å². The van der Waals surface area contributed by atoms with Crippen molar-refractivity contribution >= 4 is 39.9 Å². The van der Waals surface area contributed by atoms with E-state index < -0.39 is 0 Å². The van der Waals surface area contributed by atoms with Gasteiger partial charge in [0.05, 0.1) is 18.5 Å². The number of benzene rings is 3. The van der Waals surface area contributed by atoms with Crippen LogP contribution in [-0.2, 0) is 10.2 Å². The number of carbonyl (C=O) groups excluding carboxylic acids is 2. The highest BCUT2D eigenvalue weighted by molar-refractivity contribution is 6.10. The Morgan fingerprint density at radius 3 is 2.16 bits per heavy atom. The number of rotatable bonds is 5. The van der Waals surface area contributed by atoms with E-state index in [2.05, 4.69) is 41.7 Å². The Balaban J connectivity index is 0.00000380. The van der Waals surface area contributed by atoms with E-state index in [4.69, 9.17) is 4.74 Å². The van der Waals surface area contributed by atoms with Gasteiger partial charge in [-0.15, -0.1) is 0 Å². The summed E-state index contributed by atoms with van der Waals surface area (Å²) in [4.78, 5) is 28.6. The Bertz CT molecular complexity index is 1420. The molecule has 0 aliphatic rings. The summed E-state index contributed by atoms with van der Waals surface area (Å²) in [6, 6.07) is 20.8. The lowest BCUT2D eigenvalue weighted by molar-refractivity contribution is -0.114. The third kappa shape index (κ3) is 6.25. The quantitative estimate of drug-likeness (QED) is 0.266. The van der Waals surface area contributed by atoms with E-state index in [-0.39, 0.29) is 24.8 Å². The Hall–Kier alpha value is -4.39. The molecule has 7 heteroatoms. The summed E-state index contributed by atoms with van der Waals surface area (Å²) in [5.41, 5.74) is 4.18. The number of pyridine rings is 1. The molecular formula is C30H34N4O3. The highest BCUT2D eigenvalue weighted by atomic mass is 16.5. The molecule has 0 unspecified atom stereocenters. The van der Waals surface area contributed by atoms with Gasteiger partial charge in [0.2, 0.25) is 5.91 Å². The van der Waals surface area contributed by atoms with Gasteiger partial charge in [-0.1, -0.05) is 64.6 Å². The number of hydrogen-bond acceptors (Lipinski definition) is 4. The van der Waals surface area contributed by atoms with Crippen molar-refractivity contribution in [1.29, 1.82) is 0 Å². The third-order valence-corrected chi connectivity index (χ3v) is 5.86. The number of nitrogens with zero attached hydrogens (tertiary/aromatic N) is 1. The number of hydrogen-bond donors (Lipinski definition) is 3. The molecule has 1 heterocycles. The van der Waals surface area contributed by atoms with Crippen molar-refractivity contribution in [3.63, 3.8) is 0 Å². The molecule has 0 atom stereocenters. The lowest BCUT2D eigenvalue weighted by Crippen LogP contribution is -2.21. The molecule has 0 radical (unpaired) electrons. The first-order chi connectivity index (χ1) is 17.2. The fraction of sp³-hybridized carbons (Fsp3) is 0.233. The van der Waals surface area contributed by atoms with Gasteiger partial charge in [0.15, 0.2) is 0 Å². The molecule has 0 bridgehead atoms. The van der Waals surface area contributed by atoms with E-state index in [1.807, 2.05) is 60.7 Å². The van der Waals surface area contributed by atoms with Crippen molar-refractivity contribution in [3.8, 4) is 16.9 Å². The first-order valence-corrected chi connectivity index (χ1v) is 11.7. The SMILES string of the molecule is C.COc1ccc(C(C)(C)C)cc1NC(=O)Nc1ccc(-c2ccc(NC(C)=O)nc2)c2ccccc12. The molecule has 0 saturated heterocycles. The number of nitrogens with one attached hydrogen (secondary N) is 3. The molecule has 4 aromatic rings.